The first kappa shape index (κ1) is 27.7. The van der Waals surface area contributed by atoms with Crippen molar-refractivity contribution in [3.8, 4) is 33.8 Å². The summed E-state index contributed by atoms with van der Waals surface area (Å²) in [6, 6.07) is 10.9. The smallest absolute Gasteiger partial charge is 0.227 e. The molecule has 14 heteroatoms. The number of hydrogen-bond donors (Lipinski definition) is 4. The summed E-state index contributed by atoms with van der Waals surface area (Å²) in [6.45, 7) is -0.0875. The van der Waals surface area contributed by atoms with E-state index < -0.39 is 21.7 Å². The van der Waals surface area contributed by atoms with Gasteiger partial charge in [-0.2, -0.15) is 5.10 Å². The lowest BCUT2D eigenvalue weighted by Crippen LogP contribution is -2.21. The van der Waals surface area contributed by atoms with Crippen molar-refractivity contribution in [1.29, 1.82) is 0 Å². The Hall–Kier alpha value is -5.08. The number of aromatic amines is 2. The third-order valence-electron chi connectivity index (χ3n) is 7.35. The highest BCUT2D eigenvalue weighted by molar-refractivity contribution is 7.88. The maximum absolute atomic E-state index is 16.2. The summed E-state index contributed by atoms with van der Waals surface area (Å²) in [5, 5.41) is 10.2. The Labute approximate surface area is 249 Å². The number of carbonyl (C=O) groups is 1. The molecule has 1 aliphatic carbocycles. The monoisotopic (exact) mass is 614 g/mol. The van der Waals surface area contributed by atoms with Crippen LogP contribution in [0.5, 0.6) is 0 Å². The van der Waals surface area contributed by atoms with Gasteiger partial charge in [-0.3, -0.25) is 14.9 Å². The minimum atomic E-state index is -3.48. The fourth-order valence-electron chi connectivity index (χ4n) is 5.09. The van der Waals surface area contributed by atoms with Gasteiger partial charge in [0.25, 0.3) is 0 Å². The van der Waals surface area contributed by atoms with Gasteiger partial charge in [-0.05, 0) is 66.4 Å². The van der Waals surface area contributed by atoms with E-state index in [4.69, 9.17) is 0 Å². The molecule has 1 saturated carbocycles. The predicted octanol–water partition coefficient (Wildman–Crippen LogP) is 4.91. The highest BCUT2D eigenvalue weighted by Gasteiger charge is 2.29. The number of rotatable bonds is 8. The van der Waals surface area contributed by atoms with Crippen LogP contribution in [-0.4, -0.2) is 50.7 Å². The van der Waals surface area contributed by atoms with Crippen molar-refractivity contribution in [1.82, 2.24) is 34.9 Å². The second-order valence-electron chi connectivity index (χ2n) is 10.7. The first-order valence-corrected chi connectivity index (χ1v) is 15.5. The topological polar surface area (TPSA) is 158 Å². The van der Waals surface area contributed by atoms with Crippen molar-refractivity contribution in [3.63, 3.8) is 0 Å². The van der Waals surface area contributed by atoms with Gasteiger partial charge >= 0.3 is 0 Å². The Bertz CT molecular complexity index is 2210. The minimum Gasteiger partial charge on any atom is -0.324 e. The molecule has 0 atom stereocenters. The first-order chi connectivity index (χ1) is 21.1. The molecular formula is C30H24F2N8O3S. The highest BCUT2D eigenvalue weighted by Crippen LogP contribution is 2.36. The fraction of sp³-hybridized carbons (Fsp3) is 0.167. The van der Waals surface area contributed by atoms with Crippen LogP contribution in [-0.2, 0) is 21.4 Å². The molecule has 4 N–H and O–H groups in total. The van der Waals surface area contributed by atoms with Crippen LogP contribution in [0, 0.1) is 17.6 Å². The molecule has 4 aromatic heterocycles. The zero-order chi connectivity index (χ0) is 30.6. The number of pyridine rings is 2. The molecule has 1 amide bonds. The van der Waals surface area contributed by atoms with E-state index in [0.717, 1.165) is 19.1 Å². The molecule has 4 heterocycles. The van der Waals surface area contributed by atoms with Crippen LogP contribution in [0.2, 0.25) is 0 Å². The lowest BCUT2D eigenvalue weighted by Gasteiger charge is -2.08. The van der Waals surface area contributed by atoms with E-state index in [2.05, 4.69) is 40.2 Å². The van der Waals surface area contributed by atoms with E-state index in [1.165, 1.54) is 30.7 Å². The van der Waals surface area contributed by atoms with Crippen molar-refractivity contribution >= 4 is 43.7 Å². The first-order valence-electron chi connectivity index (χ1n) is 13.7. The predicted molar refractivity (Wildman–Crippen MR) is 161 cm³/mol. The maximum Gasteiger partial charge on any atom is 0.227 e. The van der Waals surface area contributed by atoms with Gasteiger partial charge in [0, 0.05) is 41.5 Å². The SMILES string of the molecule is CS(=O)(=O)NCc1cc(F)cc(-c2ccnc3[nH]c(-c4n[nH]c5ccc(-c6cncc(NC(=O)C7CC7)c6)c(F)c45)nc23)c1. The minimum absolute atomic E-state index is 0.0129. The van der Waals surface area contributed by atoms with Crippen LogP contribution >= 0.6 is 0 Å². The summed E-state index contributed by atoms with van der Waals surface area (Å²) >= 11 is 0. The van der Waals surface area contributed by atoms with Gasteiger partial charge in [-0.25, -0.2) is 31.9 Å². The Kier molecular flexibility index (Phi) is 6.66. The number of hydrogen-bond acceptors (Lipinski definition) is 7. The van der Waals surface area contributed by atoms with Gasteiger partial charge in [-0.15, -0.1) is 0 Å². The second-order valence-corrected chi connectivity index (χ2v) is 12.6. The number of benzene rings is 2. The molecule has 0 saturated heterocycles. The zero-order valence-electron chi connectivity index (χ0n) is 23.1. The third-order valence-corrected chi connectivity index (χ3v) is 8.02. The van der Waals surface area contributed by atoms with Crippen LogP contribution in [0.4, 0.5) is 14.5 Å². The lowest BCUT2D eigenvalue weighted by molar-refractivity contribution is -0.117. The van der Waals surface area contributed by atoms with E-state index >= 15 is 4.39 Å². The van der Waals surface area contributed by atoms with Crippen LogP contribution in [0.15, 0.2) is 61.1 Å². The number of sulfonamides is 1. The Morgan fingerprint density at radius 2 is 1.89 bits per heavy atom. The summed E-state index contributed by atoms with van der Waals surface area (Å²) in [6.07, 6.45) is 7.32. The van der Waals surface area contributed by atoms with Gasteiger partial charge in [-0.1, -0.05) is 0 Å². The molecule has 1 aliphatic rings. The van der Waals surface area contributed by atoms with Gasteiger partial charge in [0.15, 0.2) is 11.5 Å². The van der Waals surface area contributed by atoms with E-state index in [0.29, 0.717) is 44.6 Å². The molecule has 0 unspecified atom stereocenters. The number of nitrogens with zero attached hydrogens (tertiary/aromatic N) is 4. The van der Waals surface area contributed by atoms with Crippen LogP contribution in [0.1, 0.15) is 18.4 Å². The normalized spacial score (nSPS) is 13.5. The summed E-state index contributed by atoms with van der Waals surface area (Å²) in [5.41, 5.74) is 4.06. The number of anilines is 1. The number of imidazole rings is 1. The summed E-state index contributed by atoms with van der Waals surface area (Å²) in [5.74, 6) is -0.928. The van der Waals surface area contributed by atoms with Gasteiger partial charge in [0.2, 0.25) is 15.9 Å². The number of aromatic nitrogens is 6. The number of amides is 1. The number of halogens is 2. The van der Waals surface area contributed by atoms with Crippen LogP contribution in [0.3, 0.4) is 0 Å². The molecule has 44 heavy (non-hydrogen) atoms. The summed E-state index contributed by atoms with van der Waals surface area (Å²) in [4.78, 5) is 28.5. The fourth-order valence-corrected chi connectivity index (χ4v) is 5.52. The molecule has 0 aliphatic heterocycles. The summed E-state index contributed by atoms with van der Waals surface area (Å²) < 4.78 is 56.2. The Morgan fingerprint density at radius 3 is 2.68 bits per heavy atom. The van der Waals surface area contributed by atoms with Crippen molar-refractivity contribution in [2.24, 2.45) is 5.92 Å². The maximum atomic E-state index is 16.2. The molecule has 0 radical (unpaired) electrons. The quantitative estimate of drug-likeness (QED) is 0.190. The highest BCUT2D eigenvalue weighted by atomic mass is 32.2. The van der Waals surface area contributed by atoms with Crippen molar-refractivity contribution in [3.05, 3.63) is 78.3 Å². The Balaban J connectivity index is 1.27. The average Bonchev–Trinajstić information content (AvgIpc) is 3.60. The molecule has 11 nitrogen and oxygen atoms in total. The van der Waals surface area contributed by atoms with E-state index in [-0.39, 0.29) is 40.8 Å². The van der Waals surface area contributed by atoms with E-state index in [1.807, 2.05) is 0 Å². The van der Waals surface area contributed by atoms with Crippen LogP contribution in [0.25, 0.3) is 55.8 Å². The molecule has 6 aromatic rings. The number of H-pyrrole nitrogens is 2. The van der Waals surface area contributed by atoms with Crippen molar-refractivity contribution < 1.29 is 22.0 Å². The largest absolute Gasteiger partial charge is 0.324 e. The molecule has 0 spiro atoms. The van der Waals surface area contributed by atoms with Gasteiger partial charge in [0.05, 0.1) is 29.0 Å². The summed E-state index contributed by atoms with van der Waals surface area (Å²) in [7, 11) is -3.48. The molecule has 7 rings (SSSR count). The number of carbonyl (C=O) groups excluding carboxylic acids is 1. The molecule has 222 valence electrons. The van der Waals surface area contributed by atoms with Gasteiger partial charge < -0.3 is 10.3 Å². The lowest BCUT2D eigenvalue weighted by atomic mass is 10.0. The van der Waals surface area contributed by atoms with Gasteiger partial charge in [0.1, 0.15) is 22.8 Å². The third kappa shape index (κ3) is 5.40. The second kappa shape index (κ2) is 10.6. The standard InChI is InChI=1S/C30H24F2N8O3S/c1-44(42,43)35-12-15-8-17(10-19(31)9-15)22-6-7-34-28-26(22)37-29(38-28)27-24-23(39-40-27)5-4-21(25(24)32)18-11-20(14-33-13-18)36-30(41)16-2-3-16/h4-11,13-14,16,35H,2-3,12H2,1H3,(H,36,41)(H,39,40)(H,34,37,38). The molecule has 2 aromatic carbocycles. The van der Waals surface area contributed by atoms with Crippen LogP contribution < -0.4 is 10.0 Å². The molecule has 0 bridgehead atoms. The number of fused-ring (bicyclic) bond motifs is 2. The zero-order valence-corrected chi connectivity index (χ0v) is 24.0. The Morgan fingerprint density at radius 1 is 1.05 bits per heavy atom. The van der Waals surface area contributed by atoms with Crippen molar-refractivity contribution in [2.45, 2.75) is 19.4 Å². The van der Waals surface area contributed by atoms with E-state index in [9.17, 15) is 17.6 Å². The molecular weight excluding hydrogens is 590 g/mol. The van der Waals surface area contributed by atoms with Crippen molar-refractivity contribution in [2.75, 3.05) is 11.6 Å². The number of nitrogens with one attached hydrogen (secondary N) is 4. The average molecular weight is 615 g/mol. The van der Waals surface area contributed by atoms with E-state index in [1.54, 1.807) is 30.3 Å². The molecule has 1 fully saturated rings.